The van der Waals surface area contributed by atoms with Crippen LogP contribution in [0.5, 0.6) is 11.5 Å². The zero-order valence-electron chi connectivity index (χ0n) is 19.3. The maximum absolute atomic E-state index is 12.8. The van der Waals surface area contributed by atoms with Crippen LogP contribution in [0, 0.1) is 0 Å². The molecule has 0 spiro atoms. The van der Waals surface area contributed by atoms with Crippen molar-refractivity contribution in [3.8, 4) is 11.5 Å². The molecular formula is C26H27N3O3S2. The first kappa shape index (κ1) is 22.8. The number of carbonyl (C=O) groups is 1. The molecule has 34 heavy (non-hydrogen) atoms. The maximum Gasteiger partial charge on any atom is 0.187 e. The Morgan fingerprint density at radius 3 is 2.09 bits per heavy atom. The molecule has 0 amide bonds. The number of nitrogens with zero attached hydrogens (tertiary/aromatic N) is 3. The van der Waals surface area contributed by atoms with Gasteiger partial charge in [-0.05, 0) is 41.5 Å². The molecule has 4 aromatic rings. The van der Waals surface area contributed by atoms with E-state index in [9.17, 15) is 4.79 Å². The van der Waals surface area contributed by atoms with Crippen LogP contribution in [-0.2, 0) is 13.0 Å². The standard InChI is InChI=1S/C26H27N3O3S2/c1-31-20-7-3-18(4-8-20)15-22(30)23-16-24-25(33-23)27-26(34-24)29-13-11-28(12-14-29)17-19-5-9-21(32-2)10-6-19/h3-10,16H,11-15,17H2,1-2H3. The summed E-state index contributed by atoms with van der Waals surface area (Å²) in [4.78, 5) is 24.2. The molecule has 1 saturated heterocycles. The third-order valence-electron chi connectivity index (χ3n) is 6.08. The molecule has 2 aromatic carbocycles. The molecular weight excluding hydrogens is 466 g/mol. The molecule has 0 N–H and O–H groups in total. The minimum atomic E-state index is 0.133. The normalized spacial score (nSPS) is 14.5. The summed E-state index contributed by atoms with van der Waals surface area (Å²) in [7, 11) is 3.33. The summed E-state index contributed by atoms with van der Waals surface area (Å²) in [6.07, 6.45) is 0.390. The fourth-order valence-electron chi connectivity index (χ4n) is 4.10. The summed E-state index contributed by atoms with van der Waals surface area (Å²) < 4.78 is 11.5. The third kappa shape index (κ3) is 5.09. The predicted molar refractivity (Wildman–Crippen MR) is 139 cm³/mol. The summed E-state index contributed by atoms with van der Waals surface area (Å²) in [5, 5.41) is 1.06. The first-order chi connectivity index (χ1) is 16.6. The van der Waals surface area contributed by atoms with Crippen LogP contribution in [-0.4, -0.2) is 56.1 Å². The highest BCUT2D eigenvalue weighted by atomic mass is 32.1. The van der Waals surface area contributed by atoms with Crippen molar-refractivity contribution in [2.75, 3.05) is 45.3 Å². The SMILES string of the molecule is COc1ccc(CC(=O)c2cc3sc(N4CCN(Cc5ccc(OC)cc5)CC4)nc3s2)cc1. The van der Waals surface area contributed by atoms with Crippen molar-refractivity contribution in [3.63, 3.8) is 0 Å². The van der Waals surface area contributed by atoms with Crippen LogP contribution in [0.3, 0.4) is 0 Å². The largest absolute Gasteiger partial charge is 0.497 e. The molecule has 0 unspecified atom stereocenters. The van der Waals surface area contributed by atoms with Gasteiger partial charge in [0.15, 0.2) is 10.9 Å². The van der Waals surface area contributed by atoms with E-state index in [2.05, 4.69) is 21.9 Å². The van der Waals surface area contributed by atoms with Gasteiger partial charge < -0.3 is 14.4 Å². The minimum Gasteiger partial charge on any atom is -0.497 e. The Bertz CT molecular complexity index is 1230. The molecule has 0 bridgehead atoms. The average molecular weight is 494 g/mol. The first-order valence-corrected chi connectivity index (χ1v) is 12.9. The van der Waals surface area contributed by atoms with Crippen LogP contribution in [0.25, 0.3) is 9.53 Å². The highest BCUT2D eigenvalue weighted by Gasteiger charge is 2.21. The van der Waals surface area contributed by atoms with E-state index in [0.717, 1.165) is 69.3 Å². The van der Waals surface area contributed by atoms with Crippen LogP contribution in [0.4, 0.5) is 5.13 Å². The molecule has 5 rings (SSSR count). The number of hydrogen-bond acceptors (Lipinski definition) is 8. The molecule has 6 nitrogen and oxygen atoms in total. The molecule has 2 aromatic heterocycles. The van der Waals surface area contributed by atoms with Gasteiger partial charge in [0.2, 0.25) is 0 Å². The Balaban J connectivity index is 1.17. The first-order valence-electron chi connectivity index (χ1n) is 11.3. The van der Waals surface area contributed by atoms with Gasteiger partial charge in [-0.25, -0.2) is 4.98 Å². The van der Waals surface area contributed by atoms with Gasteiger partial charge in [0.05, 0.1) is 23.8 Å². The van der Waals surface area contributed by atoms with E-state index in [-0.39, 0.29) is 5.78 Å². The number of fused-ring (bicyclic) bond motifs is 1. The molecule has 1 fully saturated rings. The van der Waals surface area contributed by atoms with Crippen molar-refractivity contribution < 1.29 is 14.3 Å². The van der Waals surface area contributed by atoms with E-state index in [0.29, 0.717) is 6.42 Å². The van der Waals surface area contributed by atoms with Crippen LogP contribution in [0.1, 0.15) is 20.8 Å². The molecule has 0 atom stereocenters. The quantitative estimate of drug-likeness (QED) is 0.318. The number of ketones is 1. The Morgan fingerprint density at radius 1 is 0.882 bits per heavy atom. The Hall–Kier alpha value is -2.94. The van der Waals surface area contributed by atoms with Gasteiger partial charge in [-0.15, -0.1) is 11.3 Å². The number of carbonyl (C=O) groups excluding carboxylic acids is 1. The lowest BCUT2D eigenvalue weighted by molar-refractivity contribution is 0.0997. The van der Waals surface area contributed by atoms with Crippen molar-refractivity contribution in [3.05, 3.63) is 70.6 Å². The van der Waals surface area contributed by atoms with E-state index in [1.54, 1.807) is 25.6 Å². The number of rotatable bonds is 8. The van der Waals surface area contributed by atoms with Crippen molar-refractivity contribution in [2.24, 2.45) is 0 Å². The van der Waals surface area contributed by atoms with Gasteiger partial charge in [0.25, 0.3) is 0 Å². The Kier molecular flexibility index (Phi) is 6.80. The molecule has 0 saturated carbocycles. The molecule has 1 aliphatic rings. The van der Waals surface area contributed by atoms with E-state index in [1.165, 1.54) is 16.9 Å². The number of anilines is 1. The maximum atomic E-state index is 12.8. The molecule has 1 aliphatic heterocycles. The van der Waals surface area contributed by atoms with Crippen molar-refractivity contribution in [2.45, 2.75) is 13.0 Å². The van der Waals surface area contributed by atoms with E-state index < -0.39 is 0 Å². The number of Topliss-reactive ketones (excluding diaryl/α,β-unsaturated/α-hetero) is 1. The van der Waals surface area contributed by atoms with Crippen molar-refractivity contribution >= 4 is 43.1 Å². The van der Waals surface area contributed by atoms with Crippen molar-refractivity contribution in [1.29, 1.82) is 0 Å². The summed E-state index contributed by atoms with van der Waals surface area (Å²) in [6.45, 7) is 4.88. The lowest BCUT2D eigenvalue weighted by Gasteiger charge is -2.34. The van der Waals surface area contributed by atoms with Crippen LogP contribution in [0.2, 0.25) is 0 Å². The molecule has 176 valence electrons. The van der Waals surface area contributed by atoms with E-state index in [1.807, 2.05) is 42.5 Å². The zero-order valence-corrected chi connectivity index (χ0v) is 21.0. The van der Waals surface area contributed by atoms with Crippen molar-refractivity contribution in [1.82, 2.24) is 9.88 Å². The average Bonchev–Trinajstić information content (AvgIpc) is 3.45. The molecule has 0 aliphatic carbocycles. The van der Waals surface area contributed by atoms with E-state index in [4.69, 9.17) is 14.5 Å². The number of piperazine rings is 1. The lowest BCUT2D eigenvalue weighted by atomic mass is 10.1. The molecule has 3 heterocycles. The van der Waals surface area contributed by atoms with Gasteiger partial charge in [-0.3, -0.25) is 9.69 Å². The van der Waals surface area contributed by atoms with E-state index >= 15 is 0 Å². The highest BCUT2D eigenvalue weighted by Crippen LogP contribution is 2.35. The molecule has 0 radical (unpaired) electrons. The lowest BCUT2D eigenvalue weighted by Crippen LogP contribution is -2.45. The second-order valence-corrected chi connectivity index (χ2v) is 10.4. The van der Waals surface area contributed by atoms with Gasteiger partial charge in [0.1, 0.15) is 16.3 Å². The summed E-state index contributed by atoms with van der Waals surface area (Å²) in [5.74, 6) is 1.82. The summed E-state index contributed by atoms with van der Waals surface area (Å²) in [5.41, 5.74) is 2.29. The third-order valence-corrected chi connectivity index (χ3v) is 8.35. The fourth-order valence-corrected chi connectivity index (χ4v) is 6.30. The van der Waals surface area contributed by atoms with Gasteiger partial charge in [-0.1, -0.05) is 35.6 Å². The van der Waals surface area contributed by atoms with Crippen LogP contribution < -0.4 is 14.4 Å². The Morgan fingerprint density at radius 2 is 1.50 bits per heavy atom. The van der Waals surface area contributed by atoms with Crippen LogP contribution >= 0.6 is 22.7 Å². The second-order valence-electron chi connectivity index (χ2n) is 8.34. The number of ether oxygens (including phenoxy) is 2. The van der Waals surface area contributed by atoms with Gasteiger partial charge in [-0.2, -0.15) is 0 Å². The predicted octanol–water partition coefficient (Wildman–Crippen LogP) is 5.12. The fraction of sp³-hybridized carbons (Fsp3) is 0.308. The second kappa shape index (κ2) is 10.1. The monoisotopic (exact) mass is 493 g/mol. The number of thiophene rings is 1. The summed E-state index contributed by atoms with van der Waals surface area (Å²) in [6, 6.07) is 18.0. The number of thiazole rings is 1. The Labute approximate surface area is 207 Å². The topological polar surface area (TPSA) is 54.9 Å². The number of hydrogen-bond donors (Lipinski definition) is 0. The smallest absolute Gasteiger partial charge is 0.187 e. The minimum absolute atomic E-state index is 0.133. The van der Waals surface area contributed by atoms with Gasteiger partial charge >= 0.3 is 0 Å². The number of benzene rings is 2. The molecule has 8 heteroatoms. The van der Waals surface area contributed by atoms with Gasteiger partial charge in [0, 0.05) is 39.1 Å². The highest BCUT2D eigenvalue weighted by molar-refractivity contribution is 7.29. The summed E-state index contributed by atoms with van der Waals surface area (Å²) >= 11 is 3.19. The zero-order chi connectivity index (χ0) is 23.5. The number of methoxy groups -OCH3 is 2. The number of aromatic nitrogens is 1. The van der Waals surface area contributed by atoms with Crippen LogP contribution in [0.15, 0.2) is 54.6 Å².